The van der Waals surface area contributed by atoms with Gasteiger partial charge in [0.05, 0.1) is 7.11 Å². The second-order valence-corrected chi connectivity index (χ2v) is 6.81. The maximum Gasteiger partial charge on any atom is 0.227 e. The topological polar surface area (TPSA) is 94.0 Å². The molecule has 2 aromatic rings. The Kier molecular flexibility index (Phi) is 5.43. The minimum absolute atomic E-state index is 0. The van der Waals surface area contributed by atoms with Crippen LogP contribution in [0.15, 0.2) is 18.2 Å². The number of ether oxygens (including phenoxy) is 1. The Morgan fingerprint density at radius 2 is 2.15 bits per heavy atom. The average Bonchev–Trinajstić information content (AvgIpc) is 3.30. The van der Waals surface area contributed by atoms with Crippen molar-refractivity contribution in [3.8, 4) is 11.4 Å². The Morgan fingerprint density at radius 3 is 2.77 bits per heavy atom. The summed E-state index contributed by atoms with van der Waals surface area (Å²) >= 11 is 0. The van der Waals surface area contributed by atoms with E-state index in [1.54, 1.807) is 11.8 Å². The monoisotopic (exact) mass is 378 g/mol. The SMILES string of the molecule is COc1ccc(NC(=O)C(C)C2CNC2)cc1-n1nnnc1C1CC1.Cl. The van der Waals surface area contributed by atoms with Crippen molar-refractivity contribution in [1.82, 2.24) is 25.5 Å². The summed E-state index contributed by atoms with van der Waals surface area (Å²) < 4.78 is 7.17. The number of nitrogens with one attached hydrogen (secondary N) is 2. The fourth-order valence-electron chi connectivity index (χ4n) is 3.03. The molecule has 9 heteroatoms. The van der Waals surface area contributed by atoms with Gasteiger partial charge in [0.2, 0.25) is 5.91 Å². The number of tetrazole rings is 1. The molecule has 2 heterocycles. The Labute approximate surface area is 158 Å². The summed E-state index contributed by atoms with van der Waals surface area (Å²) in [5.74, 6) is 2.32. The van der Waals surface area contributed by atoms with Crippen molar-refractivity contribution in [2.24, 2.45) is 11.8 Å². The fourth-order valence-corrected chi connectivity index (χ4v) is 3.03. The Morgan fingerprint density at radius 1 is 1.38 bits per heavy atom. The van der Waals surface area contributed by atoms with Crippen LogP contribution >= 0.6 is 12.4 Å². The first-order valence-electron chi connectivity index (χ1n) is 8.65. The number of hydrogen-bond donors (Lipinski definition) is 2. The first-order chi connectivity index (χ1) is 12.2. The van der Waals surface area contributed by atoms with Gasteiger partial charge in [0.1, 0.15) is 11.4 Å². The number of anilines is 1. The van der Waals surface area contributed by atoms with Gasteiger partial charge < -0.3 is 15.4 Å². The van der Waals surface area contributed by atoms with E-state index in [0.29, 0.717) is 17.6 Å². The van der Waals surface area contributed by atoms with Crippen molar-refractivity contribution in [3.63, 3.8) is 0 Å². The van der Waals surface area contributed by atoms with Gasteiger partial charge in [-0.1, -0.05) is 6.92 Å². The van der Waals surface area contributed by atoms with E-state index in [0.717, 1.165) is 43.1 Å². The molecule has 4 rings (SSSR count). The fraction of sp³-hybridized carbons (Fsp3) is 0.529. The summed E-state index contributed by atoms with van der Waals surface area (Å²) in [7, 11) is 1.61. The highest BCUT2D eigenvalue weighted by Gasteiger charge is 2.31. The highest BCUT2D eigenvalue weighted by molar-refractivity contribution is 5.93. The van der Waals surface area contributed by atoms with Gasteiger partial charge in [0.25, 0.3) is 0 Å². The Bertz CT molecular complexity index is 787. The molecule has 140 valence electrons. The predicted molar refractivity (Wildman–Crippen MR) is 99.1 cm³/mol. The van der Waals surface area contributed by atoms with Crippen molar-refractivity contribution < 1.29 is 9.53 Å². The van der Waals surface area contributed by atoms with Crippen molar-refractivity contribution in [3.05, 3.63) is 24.0 Å². The Balaban J connectivity index is 0.00000196. The molecule has 1 aromatic heterocycles. The van der Waals surface area contributed by atoms with Gasteiger partial charge in [-0.15, -0.1) is 17.5 Å². The van der Waals surface area contributed by atoms with Gasteiger partial charge in [0.15, 0.2) is 5.82 Å². The number of carbonyl (C=O) groups is 1. The van der Waals surface area contributed by atoms with Crippen LogP contribution in [0.4, 0.5) is 5.69 Å². The number of methoxy groups -OCH3 is 1. The van der Waals surface area contributed by atoms with E-state index in [2.05, 4.69) is 26.2 Å². The zero-order chi connectivity index (χ0) is 17.4. The maximum atomic E-state index is 12.5. The molecular formula is C17H23ClN6O2. The van der Waals surface area contributed by atoms with Crippen LogP contribution in [-0.2, 0) is 4.79 Å². The minimum Gasteiger partial charge on any atom is -0.494 e. The van der Waals surface area contributed by atoms with Crippen LogP contribution < -0.4 is 15.4 Å². The molecule has 2 N–H and O–H groups in total. The molecule has 1 amide bonds. The predicted octanol–water partition coefficient (Wildman–Crippen LogP) is 1.76. The number of rotatable bonds is 6. The van der Waals surface area contributed by atoms with Gasteiger partial charge in [-0.3, -0.25) is 4.79 Å². The summed E-state index contributed by atoms with van der Waals surface area (Å²) in [6.07, 6.45) is 2.21. The summed E-state index contributed by atoms with van der Waals surface area (Å²) in [4.78, 5) is 12.5. The van der Waals surface area contributed by atoms with Crippen LogP contribution in [0.2, 0.25) is 0 Å². The molecule has 26 heavy (non-hydrogen) atoms. The van der Waals surface area contributed by atoms with E-state index in [9.17, 15) is 4.79 Å². The quantitative estimate of drug-likeness (QED) is 0.795. The zero-order valence-electron chi connectivity index (χ0n) is 14.8. The van der Waals surface area contributed by atoms with Crippen LogP contribution in [0.5, 0.6) is 5.75 Å². The molecule has 1 aromatic carbocycles. The number of halogens is 1. The van der Waals surface area contributed by atoms with Crippen molar-refractivity contribution in [2.45, 2.75) is 25.7 Å². The molecule has 1 unspecified atom stereocenters. The van der Waals surface area contributed by atoms with Crippen LogP contribution in [-0.4, -0.2) is 46.3 Å². The molecule has 1 aliphatic carbocycles. The number of nitrogens with zero attached hydrogens (tertiary/aromatic N) is 4. The lowest BCUT2D eigenvalue weighted by molar-refractivity contribution is -0.121. The number of hydrogen-bond acceptors (Lipinski definition) is 6. The van der Waals surface area contributed by atoms with Crippen LogP contribution in [0.3, 0.4) is 0 Å². The van der Waals surface area contributed by atoms with Crippen molar-refractivity contribution in [1.29, 1.82) is 0 Å². The molecule has 1 saturated carbocycles. The third kappa shape index (κ3) is 3.52. The standard InChI is InChI=1S/C17H22N6O2.ClH/c1-10(12-8-18-9-12)17(24)19-13-5-6-15(25-2)14(7-13)23-16(11-3-4-11)20-21-22-23;/h5-7,10-12,18H,3-4,8-9H2,1-2H3,(H,19,24);1H. The molecule has 2 aliphatic rings. The second-order valence-electron chi connectivity index (χ2n) is 6.81. The lowest BCUT2D eigenvalue weighted by Gasteiger charge is -2.31. The van der Waals surface area contributed by atoms with E-state index < -0.39 is 0 Å². The van der Waals surface area contributed by atoms with Gasteiger partial charge in [-0.25, -0.2) is 0 Å². The third-order valence-corrected chi connectivity index (χ3v) is 5.04. The van der Waals surface area contributed by atoms with Gasteiger partial charge >= 0.3 is 0 Å². The van der Waals surface area contributed by atoms with E-state index in [-0.39, 0.29) is 24.2 Å². The van der Waals surface area contributed by atoms with Crippen LogP contribution in [0.25, 0.3) is 5.69 Å². The van der Waals surface area contributed by atoms with Gasteiger partial charge in [-0.05, 0) is 60.5 Å². The number of amides is 1. The van der Waals surface area contributed by atoms with Crippen LogP contribution in [0.1, 0.15) is 31.5 Å². The molecule has 1 saturated heterocycles. The molecule has 1 atom stereocenters. The lowest BCUT2D eigenvalue weighted by atomic mass is 9.88. The van der Waals surface area contributed by atoms with Crippen LogP contribution in [0, 0.1) is 11.8 Å². The molecule has 0 radical (unpaired) electrons. The molecule has 0 spiro atoms. The summed E-state index contributed by atoms with van der Waals surface area (Å²) in [5.41, 5.74) is 1.46. The van der Waals surface area contributed by atoms with Gasteiger partial charge in [-0.2, -0.15) is 4.68 Å². The molecule has 0 bridgehead atoms. The largest absolute Gasteiger partial charge is 0.494 e. The number of aromatic nitrogens is 4. The summed E-state index contributed by atoms with van der Waals surface area (Å²) in [6, 6.07) is 5.54. The van der Waals surface area contributed by atoms with Crippen molar-refractivity contribution in [2.75, 3.05) is 25.5 Å². The van der Waals surface area contributed by atoms with E-state index in [1.807, 2.05) is 25.1 Å². The van der Waals surface area contributed by atoms with Crippen molar-refractivity contribution >= 4 is 24.0 Å². The molecule has 8 nitrogen and oxygen atoms in total. The number of carbonyl (C=O) groups excluding carboxylic acids is 1. The first kappa shape index (κ1) is 18.6. The summed E-state index contributed by atoms with van der Waals surface area (Å²) in [5, 5.41) is 18.3. The highest BCUT2D eigenvalue weighted by atomic mass is 35.5. The summed E-state index contributed by atoms with van der Waals surface area (Å²) in [6.45, 7) is 3.77. The highest BCUT2D eigenvalue weighted by Crippen LogP contribution is 2.40. The first-order valence-corrected chi connectivity index (χ1v) is 8.65. The van der Waals surface area contributed by atoms with E-state index in [4.69, 9.17) is 4.74 Å². The average molecular weight is 379 g/mol. The Hall–Kier alpha value is -2.19. The molecule has 2 fully saturated rings. The van der Waals surface area contributed by atoms with E-state index in [1.165, 1.54) is 0 Å². The number of benzene rings is 1. The normalized spacial score (nSPS) is 17.8. The third-order valence-electron chi connectivity index (χ3n) is 5.04. The minimum atomic E-state index is -0.0261. The maximum absolute atomic E-state index is 12.5. The zero-order valence-corrected chi connectivity index (χ0v) is 15.6. The molecule has 1 aliphatic heterocycles. The van der Waals surface area contributed by atoms with Gasteiger partial charge in [0, 0.05) is 17.5 Å². The lowest BCUT2D eigenvalue weighted by Crippen LogP contribution is -2.48. The second kappa shape index (κ2) is 7.59. The smallest absolute Gasteiger partial charge is 0.227 e. The molecular weight excluding hydrogens is 356 g/mol. The van der Waals surface area contributed by atoms with E-state index >= 15 is 0 Å².